The summed E-state index contributed by atoms with van der Waals surface area (Å²) in [6, 6.07) is 1.29. The van der Waals surface area contributed by atoms with Crippen molar-refractivity contribution in [2.24, 2.45) is 4.99 Å². The summed E-state index contributed by atoms with van der Waals surface area (Å²) in [5.74, 6) is 0.827. The monoisotopic (exact) mass is 467 g/mol. The van der Waals surface area contributed by atoms with E-state index in [4.69, 9.17) is 9.47 Å². The Kier molecular flexibility index (Phi) is 7.69. The highest BCUT2D eigenvalue weighted by atomic mass is 19.4. The van der Waals surface area contributed by atoms with Crippen LogP contribution in [0.25, 0.3) is 0 Å². The lowest BCUT2D eigenvalue weighted by Crippen LogP contribution is -2.42. The van der Waals surface area contributed by atoms with Gasteiger partial charge < -0.3 is 25.4 Å². The van der Waals surface area contributed by atoms with E-state index in [2.05, 4.69) is 35.9 Å². The predicted molar refractivity (Wildman–Crippen MR) is 119 cm³/mol. The Morgan fingerprint density at radius 1 is 1.18 bits per heavy atom. The molecular weight excluding hydrogens is 439 g/mol. The molecule has 1 aliphatic rings. The third-order valence-corrected chi connectivity index (χ3v) is 4.49. The van der Waals surface area contributed by atoms with E-state index in [-0.39, 0.29) is 29.7 Å². The van der Waals surface area contributed by atoms with Crippen LogP contribution in [0.4, 0.5) is 30.5 Å². The zero-order valence-electron chi connectivity index (χ0n) is 19.0. The molecule has 1 saturated heterocycles. The fourth-order valence-corrected chi connectivity index (χ4v) is 3.02. The van der Waals surface area contributed by atoms with Crippen LogP contribution >= 0.6 is 0 Å². The van der Waals surface area contributed by atoms with Crippen LogP contribution in [0.3, 0.4) is 0 Å². The Labute approximate surface area is 190 Å². The van der Waals surface area contributed by atoms with Crippen molar-refractivity contribution in [1.29, 1.82) is 0 Å². The first-order valence-corrected chi connectivity index (χ1v) is 10.4. The Hall–Kier alpha value is -2.99. The molecule has 0 aliphatic carbocycles. The number of hydrogen-bond acceptors (Lipinski definition) is 9. The number of ether oxygens (including phenoxy) is 2. The van der Waals surface area contributed by atoms with Gasteiger partial charge >= 0.3 is 6.18 Å². The highest BCUT2D eigenvalue weighted by molar-refractivity contribution is 5.92. The minimum atomic E-state index is -4.55. The highest BCUT2D eigenvalue weighted by Gasteiger charge is 2.34. The number of halogens is 3. The van der Waals surface area contributed by atoms with Crippen LogP contribution in [-0.2, 0) is 15.7 Å². The quantitative estimate of drug-likeness (QED) is 0.439. The van der Waals surface area contributed by atoms with Gasteiger partial charge in [0.05, 0.1) is 49.0 Å². The number of nitrogens with zero attached hydrogens (tertiary/aromatic N) is 4. The molecule has 3 rings (SSSR count). The van der Waals surface area contributed by atoms with E-state index in [1.54, 1.807) is 0 Å². The molecule has 9 nitrogen and oxygen atoms in total. The van der Waals surface area contributed by atoms with Crippen molar-refractivity contribution < 1.29 is 22.6 Å². The first-order valence-electron chi connectivity index (χ1n) is 10.4. The van der Waals surface area contributed by atoms with Gasteiger partial charge in [-0.2, -0.15) is 13.2 Å². The Balaban J connectivity index is 1.76. The van der Waals surface area contributed by atoms with Gasteiger partial charge in [-0.15, -0.1) is 0 Å². The molecule has 0 amide bonds. The summed E-state index contributed by atoms with van der Waals surface area (Å²) in [4.78, 5) is 16.9. The van der Waals surface area contributed by atoms with Crippen LogP contribution < -0.4 is 16.0 Å². The molecule has 1 aliphatic heterocycles. The molecular formula is C21H28F3N7O2. The molecule has 3 heterocycles. The molecule has 2 aromatic rings. The van der Waals surface area contributed by atoms with Gasteiger partial charge in [0, 0.05) is 31.9 Å². The van der Waals surface area contributed by atoms with E-state index < -0.39 is 11.7 Å². The van der Waals surface area contributed by atoms with E-state index in [1.165, 1.54) is 25.6 Å². The molecule has 0 saturated carbocycles. The standard InChI is InChI=1S/C21H28F3N7O2/c1-20(2,3)31-19(32-4)16-11-29-18(12-27-16)30-17-7-15(14(10-28-17)21(22,23)24)26-9-13-8-25-5-6-33-13/h7,10-13,25H,5-6,8-9H2,1-4H3,(H2,26,28,29,30)/t13-/m1/s1. The summed E-state index contributed by atoms with van der Waals surface area (Å²) in [5.41, 5.74) is -0.892. The van der Waals surface area contributed by atoms with E-state index in [1.807, 2.05) is 20.8 Å². The summed E-state index contributed by atoms with van der Waals surface area (Å²) in [6.45, 7) is 7.80. The lowest BCUT2D eigenvalue weighted by molar-refractivity contribution is -0.137. The number of pyridine rings is 1. The van der Waals surface area contributed by atoms with E-state index in [9.17, 15) is 13.2 Å². The molecule has 1 atom stereocenters. The second-order valence-corrected chi connectivity index (χ2v) is 8.39. The number of aromatic nitrogens is 3. The number of anilines is 3. The highest BCUT2D eigenvalue weighted by Crippen LogP contribution is 2.35. The smallest absolute Gasteiger partial charge is 0.419 e. The van der Waals surface area contributed by atoms with Gasteiger partial charge in [0.2, 0.25) is 5.90 Å². The van der Waals surface area contributed by atoms with Crippen molar-refractivity contribution in [2.75, 3.05) is 44.0 Å². The molecule has 12 heteroatoms. The average Bonchev–Trinajstić information content (AvgIpc) is 2.76. The molecule has 33 heavy (non-hydrogen) atoms. The van der Waals surface area contributed by atoms with Crippen LogP contribution in [0.15, 0.2) is 29.6 Å². The average molecular weight is 467 g/mol. The Morgan fingerprint density at radius 2 is 1.94 bits per heavy atom. The number of hydrogen-bond donors (Lipinski definition) is 3. The number of alkyl halides is 3. The molecule has 0 aromatic carbocycles. The van der Waals surface area contributed by atoms with Crippen molar-refractivity contribution in [1.82, 2.24) is 20.3 Å². The molecule has 3 N–H and O–H groups in total. The molecule has 0 unspecified atom stereocenters. The van der Waals surface area contributed by atoms with Crippen LogP contribution in [0.2, 0.25) is 0 Å². The normalized spacial score (nSPS) is 17.5. The maximum absolute atomic E-state index is 13.5. The number of methoxy groups -OCH3 is 1. The Morgan fingerprint density at radius 3 is 2.52 bits per heavy atom. The third kappa shape index (κ3) is 7.26. The lowest BCUT2D eigenvalue weighted by Gasteiger charge is -2.25. The van der Waals surface area contributed by atoms with Gasteiger partial charge in [0.15, 0.2) is 0 Å². The molecule has 180 valence electrons. The predicted octanol–water partition coefficient (Wildman–Crippen LogP) is 3.23. The van der Waals surface area contributed by atoms with Crippen LogP contribution in [0, 0.1) is 0 Å². The minimum Gasteiger partial charge on any atom is -0.480 e. The van der Waals surface area contributed by atoms with Gasteiger partial charge in [-0.25, -0.2) is 19.9 Å². The maximum atomic E-state index is 13.5. The largest absolute Gasteiger partial charge is 0.480 e. The second-order valence-electron chi connectivity index (χ2n) is 8.39. The topological polar surface area (TPSA) is 106 Å². The summed E-state index contributed by atoms with van der Waals surface area (Å²) in [6.07, 6.45) is -1.10. The van der Waals surface area contributed by atoms with Gasteiger partial charge in [-0.05, 0) is 20.8 Å². The van der Waals surface area contributed by atoms with Gasteiger partial charge in [-0.1, -0.05) is 0 Å². The molecule has 0 spiro atoms. The fraction of sp³-hybridized carbons (Fsp3) is 0.524. The van der Waals surface area contributed by atoms with Crippen molar-refractivity contribution in [3.05, 3.63) is 35.9 Å². The van der Waals surface area contributed by atoms with Crippen molar-refractivity contribution >= 4 is 23.2 Å². The first-order chi connectivity index (χ1) is 15.5. The SMILES string of the molecule is COC(=NC(C)(C)C)c1cnc(Nc2cc(NC[C@H]3CNCCO3)c(C(F)(F)F)cn2)cn1. The summed E-state index contributed by atoms with van der Waals surface area (Å²) < 4.78 is 51.2. The minimum absolute atomic E-state index is 0.0993. The second kappa shape index (κ2) is 10.3. The van der Waals surface area contributed by atoms with Crippen LogP contribution in [0.5, 0.6) is 0 Å². The fourth-order valence-electron chi connectivity index (χ4n) is 3.02. The number of aliphatic imine (C=N–C) groups is 1. The maximum Gasteiger partial charge on any atom is 0.419 e. The Bertz CT molecular complexity index is 954. The molecule has 0 bridgehead atoms. The van der Waals surface area contributed by atoms with E-state index in [0.717, 1.165) is 12.7 Å². The van der Waals surface area contributed by atoms with Gasteiger partial charge in [-0.3, -0.25) is 0 Å². The van der Waals surface area contributed by atoms with E-state index >= 15 is 0 Å². The van der Waals surface area contributed by atoms with Crippen LogP contribution in [-0.4, -0.2) is 65.8 Å². The van der Waals surface area contributed by atoms with Gasteiger partial charge in [0.25, 0.3) is 0 Å². The van der Waals surface area contributed by atoms with Crippen molar-refractivity contribution in [2.45, 2.75) is 38.6 Å². The summed E-state index contributed by atoms with van der Waals surface area (Å²) in [7, 11) is 1.49. The molecule has 1 fully saturated rings. The number of rotatable bonds is 6. The van der Waals surface area contributed by atoms with E-state index in [0.29, 0.717) is 30.6 Å². The number of nitrogens with one attached hydrogen (secondary N) is 3. The van der Waals surface area contributed by atoms with Gasteiger partial charge in [0.1, 0.15) is 17.3 Å². The summed E-state index contributed by atoms with van der Waals surface area (Å²) >= 11 is 0. The first kappa shape index (κ1) is 24.6. The summed E-state index contributed by atoms with van der Waals surface area (Å²) in [5, 5.41) is 8.86. The number of morpholine rings is 1. The molecule has 0 radical (unpaired) electrons. The molecule has 2 aromatic heterocycles. The van der Waals surface area contributed by atoms with Crippen molar-refractivity contribution in [3.8, 4) is 0 Å². The van der Waals surface area contributed by atoms with Crippen molar-refractivity contribution in [3.63, 3.8) is 0 Å². The zero-order chi connectivity index (χ0) is 24.1. The third-order valence-electron chi connectivity index (χ3n) is 4.49. The zero-order valence-corrected chi connectivity index (χ0v) is 19.0. The lowest BCUT2D eigenvalue weighted by atomic mass is 10.1. The van der Waals surface area contributed by atoms with Crippen LogP contribution in [0.1, 0.15) is 32.0 Å².